The monoisotopic (exact) mass is 346 g/mol. The maximum absolute atomic E-state index is 4.60. The third kappa shape index (κ3) is 2.42. The van der Waals surface area contributed by atoms with Gasteiger partial charge in [-0.25, -0.2) is 9.97 Å². The Hall–Kier alpha value is -1.20. The van der Waals surface area contributed by atoms with Crippen LogP contribution in [0.2, 0.25) is 0 Å². The molecule has 110 valence electrons. The first-order valence-corrected chi connectivity index (χ1v) is 8.50. The van der Waals surface area contributed by atoms with Crippen molar-refractivity contribution in [2.24, 2.45) is 0 Å². The normalized spacial score (nSPS) is 23.3. The predicted molar refractivity (Wildman–Crippen MR) is 88.7 cm³/mol. The van der Waals surface area contributed by atoms with E-state index in [1.54, 1.807) is 6.33 Å². The summed E-state index contributed by atoms with van der Waals surface area (Å²) in [6, 6.07) is 6.94. The Morgan fingerprint density at radius 3 is 2.95 bits per heavy atom. The number of hydrogen-bond donors (Lipinski definition) is 0. The molecule has 0 spiro atoms. The summed E-state index contributed by atoms with van der Waals surface area (Å²) in [6.07, 6.45) is 5.58. The zero-order chi connectivity index (χ0) is 14.2. The summed E-state index contributed by atoms with van der Waals surface area (Å²) in [5.41, 5.74) is 1.01. The summed E-state index contributed by atoms with van der Waals surface area (Å²) in [7, 11) is 0. The molecule has 5 heteroatoms. The first-order valence-electron chi connectivity index (χ1n) is 7.71. The molecular weight excluding hydrogens is 328 g/mol. The van der Waals surface area contributed by atoms with Crippen molar-refractivity contribution < 1.29 is 0 Å². The summed E-state index contributed by atoms with van der Waals surface area (Å²) >= 11 is 3.60. The number of hydrogen-bond acceptors (Lipinski definition) is 4. The minimum absolute atomic E-state index is 0.699. The van der Waals surface area contributed by atoms with Crippen molar-refractivity contribution >= 4 is 32.7 Å². The van der Waals surface area contributed by atoms with Gasteiger partial charge in [0.1, 0.15) is 12.1 Å². The molecule has 0 saturated carbocycles. The Morgan fingerprint density at radius 2 is 2.00 bits per heavy atom. The molecular formula is C16H19BrN4. The highest BCUT2D eigenvalue weighted by Crippen LogP contribution is 2.30. The third-order valence-electron chi connectivity index (χ3n) is 4.70. The molecule has 21 heavy (non-hydrogen) atoms. The highest BCUT2D eigenvalue weighted by atomic mass is 79.9. The summed E-state index contributed by atoms with van der Waals surface area (Å²) in [6.45, 7) is 4.69. The summed E-state index contributed by atoms with van der Waals surface area (Å²) in [4.78, 5) is 14.2. The zero-order valence-corrected chi connectivity index (χ0v) is 13.6. The van der Waals surface area contributed by atoms with Gasteiger partial charge in [-0.2, -0.15) is 0 Å². The molecule has 4 rings (SSSR count). The second-order valence-corrected chi connectivity index (χ2v) is 6.82. The molecule has 2 aromatic rings. The van der Waals surface area contributed by atoms with Crippen LogP contribution in [0.5, 0.6) is 0 Å². The van der Waals surface area contributed by atoms with Crippen molar-refractivity contribution in [2.75, 3.05) is 31.1 Å². The topological polar surface area (TPSA) is 32.3 Å². The average molecular weight is 347 g/mol. The van der Waals surface area contributed by atoms with Crippen LogP contribution in [0.25, 0.3) is 10.9 Å². The maximum atomic E-state index is 4.60. The van der Waals surface area contributed by atoms with Crippen molar-refractivity contribution in [3.8, 4) is 0 Å². The number of anilines is 1. The predicted octanol–water partition coefficient (Wildman–Crippen LogP) is 3.07. The van der Waals surface area contributed by atoms with Crippen LogP contribution in [0.4, 0.5) is 5.82 Å². The number of aromatic nitrogens is 2. The molecule has 0 N–H and O–H groups in total. The largest absolute Gasteiger partial charge is 0.354 e. The molecule has 1 aromatic heterocycles. The van der Waals surface area contributed by atoms with Gasteiger partial charge < -0.3 is 4.90 Å². The van der Waals surface area contributed by atoms with Gasteiger partial charge in [-0.05, 0) is 53.9 Å². The number of nitrogens with zero attached hydrogens (tertiary/aromatic N) is 4. The lowest BCUT2D eigenvalue weighted by molar-refractivity contribution is 0.273. The van der Waals surface area contributed by atoms with E-state index in [0.29, 0.717) is 6.04 Å². The molecule has 2 saturated heterocycles. The zero-order valence-electron chi connectivity index (χ0n) is 12.0. The fourth-order valence-corrected chi connectivity index (χ4v) is 4.16. The van der Waals surface area contributed by atoms with E-state index in [1.165, 1.54) is 32.4 Å². The molecule has 4 nitrogen and oxygen atoms in total. The molecule has 0 bridgehead atoms. The fraction of sp³-hybridized carbons (Fsp3) is 0.500. The fourth-order valence-electron chi connectivity index (χ4n) is 3.69. The van der Waals surface area contributed by atoms with E-state index < -0.39 is 0 Å². The second kappa shape index (κ2) is 5.54. The minimum atomic E-state index is 0.699. The van der Waals surface area contributed by atoms with Crippen molar-refractivity contribution in [3.05, 3.63) is 29.0 Å². The first kappa shape index (κ1) is 13.5. The standard InChI is InChI=1S/C16H19BrN4/c17-14-6-1-5-13-15(14)18-11-19-16(13)21-9-3-8-20-7-2-4-12(20)10-21/h1,5-6,11-12H,2-4,7-10H2. The molecule has 0 radical (unpaired) electrons. The highest BCUT2D eigenvalue weighted by molar-refractivity contribution is 9.10. The van der Waals surface area contributed by atoms with Gasteiger partial charge in [0.2, 0.25) is 0 Å². The summed E-state index contributed by atoms with van der Waals surface area (Å²) in [5.74, 6) is 1.09. The van der Waals surface area contributed by atoms with Crippen LogP contribution < -0.4 is 4.90 Å². The minimum Gasteiger partial charge on any atom is -0.354 e. The van der Waals surface area contributed by atoms with Gasteiger partial charge in [-0.15, -0.1) is 0 Å². The van der Waals surface area contributed by atoms with Crippen LogP contribution in [0, 0.1) is 0 Å². The molecule has 0 amide bonds. The molecule has 1 aromatic carbocycles. The Labute approximate surface area is 133 Å². The van der Waals surface area contributed by atoms with Gasteiger partial charge in [0.25, 0.3) is 0 Å². The van der Waals surface area contributed by atoms with Gasteiger partial charge >= 0.3 is 0 Å². The van der Waals surface area contributed by atoms with Gasteiger partial charge in [-0.3, -0.25) is 4.90 Å². The van der Waals surface area contributed by atoms with Crippen LogP contribution in [0.3, 0.4) is 0 Å². The van der Waals surface area contributed by atoms with E-state index in [9.17, 15) is 0 Å². The lowest BCUT2D eigenvalue weighted by atomic mass is 10.2. The SMILES string of the molecule is Brc1cccc2c(N3CCCN4CCCC4C3)ncnc12. The average Bonchev–Trinajstić information content (AvgIpc) is 2.84. The Kier molecular flexibility index (Phi) is 3.55. The van der Waals surface area contributed by atoms with Crippen LogP contribution in [0.15, 0.2) is 29.0 Å². The molecule has 3 heterocycles. The summed E-state index contributed by atoms with van der Waals surface area (Å²) in [5, 5.41) is 1.15. The second-order valence-electron chi connectivity index (χ2n) is 5.96. The number of fused-ring (bicyclic) bond motifs is 2. The smallest absolute Gasteiger partial charge is 0.139 e. The van der Waals surface area contributed by atoms with Crippen molar-refractivity contribution in [1.82, 2.24) is 14.9 Å². The molecule has 1 unspecified atom stereocenters. The van der Waals surface area contributed by atoms with Gasteiger partial charge in [0, 0.05) is 35.5 Å². The van der Waals surface area contributed by atoms with Gasteiger partial charge in [-0.1, -0.05) is 6.07 Å². The van der Waals surface area contributed by atoms with Crippen LogP contribution in [-0.2, 0) is 0 Å². The number of rotatable bonds is 1. The van der Waals surface area contributed by atoms with E-state index in [4.69, 9.17) is 0 Å². The van der Waals surface area contributed by atoms with Gasteiger partial charge in [0.15, 0.2) is 0 Å². The molecule has 2 aliphatic heterocycles. The van der Waals surface area contributed by atoms with E-state index in [0.717, 1.165) is 34.3 Å². The maximum Gasteiger partial charge on any atom is 0.139 e. The highest BCUT2D eigenvalue weighted by Gasteiger charge is 2.29. The molecule has 2 aliphatic rings. The quantitative estimate of drug-likeness (QED) is 0.794. The van der Waals surface area contributed by atoms with E-state index in [-0.39, 0.29) is 0 Å². The molecule has 1 atom stereocenters. The van der Waals surface area contributed by atoms with Crippen molar-refractivity contribution in [1.29, 1.82) is 0 Å². The first-order chi connectivity index (χ1) is 10.3. The molecule has 0 aliphatic carbocycles. The number of halogens is 1. The van der Waals surface area contributed by atoms with E-state index >= 15 is 0 Å². The Bertz CT molecular complexity index is 660. The number of benzene rings is 1. The lowest BCUT2D eigenvalue weighted by Gasteiger charge is -2.27. The van der Waals surface area contributed by atoms with Crippen molar-refractivity contribution in [3.63, 3.8) is 0 Å². The third-order valence-corrected chi connectivity index (χ3v) is 5.34. The van der Waals surface area contributed by atoms with E-state index in [1.807, 2.05) is 6.07 Å². The van der Waals surface area contributed by atoms with Crippen LogP contribution in [-0.4, -0.2) is 47.1 Å². The van der Waals surface area contributed by atoms with E-state index in [2.05, 4.69) is 47.8 Å². The number of para-hydroxylation sites is 1. The van der Waals surface area contributed by atoms with Gasteiger partial charge in [0.05, 0.1) is 5.52 Å². The Morgan fingerprint density at radius 1 is 1.10 bits per heavy atom. The van der Waals surface area contributed by atoms with Crippen molar-refractivity contribution in [2.45, 2.75) is 25.3 Å². The summed E-state index contributed by atoms with van der Waals surface area (Å²) < 4.78 is 1.04. The van der Waals surface area contributed by atoms with Crippen LogP contribution in [0.1, 0.15) is 19.3 Å². The molecule has 2 fully saturated rings. The van der Waals surface area contributed by atoms with Crippen LogP contribution >= 0.6 is 15.9 Å². The lowest BCUT2D eigenvalue weighted by Crippen LogP contribution is -2.37. The Balaban J connectivity index is 1.74.